The maximum absolute atomic E-state index is 12.9. The molecule has 0 aromatic heterocycles. The molecule has 0 fully saturated rings. The average Bonchev–Trinajstić information content (AvgIpc) is 2.43. The minimum absolute atomic E-state index is 0.287. The summed E-state index contributed by atoms with van der Waals surface area (Å²) in [5, 5.41) is 5.22. The van der Waals surface area contributed by atoms with Crippen molar-refractivity contribution >= 4 is 23.7 Å². The van der Waals surface area contributed by atoms with Gasteiger partial charge in [0.1, 0.15) is 11.9 Å². The molecule has 0 saturated heterocycles. The van der Waals surface area contributed by atoms with Gasteiger partial charge in [-0.2, -0.15) is 11.8 Å². The van der Waals surface area contributed by atoms with Crippen LogP contribution in [0.2, 0.25) is 0 Å². The lowest BCUT2D eigenvalue weighted by Gasteiger charge is -2.20. The first kappa shape index (κ1) is 17.3. The van der Waals surface area contributed by atoms with E-state index in [9.17, 15) is 14.0 Å². The zero-order valence-electron chi connectivity index (χ0n) is 12.1. The molecular formula is C14H20FN3O2S. The van der Waals surface area contributed by atoms with E-state index in [4.69, 9.17) is 5.73 Å². The Hall–Kier alpha value is -1.76. The van der Waals surface area contributed by atoms with E-state index in [0.717, 1.165) is 11.3 Å². The second kappa shape index (κ2) is 8.51. The summed E-state index contributed by atoms with van der Waals surface area (Å²) in [6, 6.07) is 4.21. The predicted octanol–water partition coefficient (Wildman–Crippen LogP) is 1.79. The smallest absolute Gasteiger partial charge is 0.312 e. The lowest BCUT2D eigenvalue weighted by atomic mass is 10.1. The van der Waals surface area contributed by atoms with Crippen molar-refractivity contribution < 1.29 is 14.0 Å². The number of rotatable bonds is 7. The van der Waals surface area contributed by atoms with E-state index in [1.165, 1.54) is 12.1 Å². The van der Waals surface area contributed by atoms with Crippen LogP contribution in [0.4, 0.5) is 9.18 Å². The van der Waals surface area contributed by atoms with Gasteiger partial charge in [-0.05, 0) is 43.0 Å². The Kier molecular flexibility index (Phi) is 7.01. The van der Waals surface area contributed by atoms with Gasteiger partial charge in [0.2, 0.25) is 5.91 Å². The van der Waals surface area contributed by atoms with Crippen LogP contribution in [0.25, 0.3) is 0 Å². The van der Waals surface area contributed by atoms with E-state index in [1.807, 2.05) is 6.26 Å². The number of thioether (sulfide) groups is 1. The van der Waals surface area contributed by atoms with E-state index >= 15 is 0 Å². The normalized spacial score (nSPS) is 13.3. The molecule has 0 aliphatic heterocycles. The molecule has 1 aromatic rings. The highest BCUT2D eigenvalue weighted by Crippen LogP contribution is 2.13. The Morgan fingerprint density at radius 1 is 1.29 bits per heavy atom. The molecule has 0 radical (unpaired) electrons. The van der Waals surface area contributed by atoms with Crippen LogP contribution in [-0.4, -0.2) is 30.0 Å². The summed E-state index contributed by atoms with van der Waals surface area (Å²) in [6.07, 6.45) is 2.41. The quantitative estimate of drug-likeness (QED) is 0.717. The van der Waals surface area contributed by atoms with Gasteiger partial charge in [0, 0.05) is 0 Å². The number of urea groups is 1. The van der Waals surface area contributed by atoms with Gasteiger partial charge in [-0.25, -0.2) is 9.18 Å². The van der Waals surface area contributed by atoms with Crippen molar-refractivity contribution in [1.29, 1.82) is 0 Å². The summed E-state index contributed by atoms with van der Waals surface area (Å²) < 4.78 is 12.9. The fourth-order valence-corrected chi connectivity index (χ4v) is 2.30. The molecule has 5 nitrogen and oxygen atoms in total. The van der Waals surface area contributed by atoms with Crippen LogP contribution in [0.5, 0.6) is 0 Å². The molecule has 0 heterocycles. The highest BCUT2D eigenvalue weighted by molar-refractivity contribution is 7.98. The Morgan fingerprint density at radius 2 is 1.90 bits per heavy atom. The largest absolute Gasteiger partial charge is 0.352 e. The zero-order valence-corrected chi connectivity index (χ0v) is 12.9. The van der Waals surface area contributed by atoms with Gasteiger partial charge in [0.05, 0.1) is 6.04 Å². The van der Waals surface area contributed by atoms with Crippen LogP contribution in [0.1, 0.15) is 24.9 Å². The molecule has 7 heteroatoms. The second-order valence-corrected chi connectivity index (χ2v) is 5.61. The molecule has 0 spiro atoms. The number of amides is 3. The number of hydrogen-bond donors (Lipinski definition) is 3. The van der Waals surface area contributed by atoms with Crippen LogP contribution in [0.3, 0.4) is 0 Å². The molecule has 0 aliphatic carbocycles. The van der Waals surface area contributed by atoms with Crippen molar-refractivity contribution in [2.75, 3.05) is 12.0 Å². The maximum Gasteiger partial charge on any atom is 0.312 e. The van der Waals surface area contributed by atoms with Crippen molar-refractivity contribution in [3.8, 4) is 0 Å². The van der Waals surface area contributed by atoms with Crippen molar-refractivity contribution in [2.45, 2.75) is 25.4 Å². The molecule has 0 bridgehead atoms. The van der Waals surface area contributed by atoms with E-state index in [-0.39, 0.29) is 17.8 Å². The minimum Gasteiger partial charge on any atom is -0.352 e. The molecule has 1 aromatic carbocycles. The van der Waals surface area contributed by atoms with Gasteiger partial charge in [0.25, 0.3) is 0 Å². The molecule has 2 atom stereocenters. The summed E-state index contributed by atoms with van der Waals surface area (Å²) in [7, 11) is 0. The third-order valence-electron chi connectivity index (χ3n) is 2.97. The lowest BCUT2D eigenvalue weighted by Crippen LogP contribution is -2.49. The van der Waals surface area contributed by atoms with E-state index in [0.29, 0.717) is 6.42 Å². The standard InChI is InChI=1S/C14H20FN3O2S/c1-9(10-3-5-11(15)6-4-10)17-13(19)12(7-8-21-2)18-14(16)20/h3-6,9,12H,7-8H2,1-2H3,(H,17,19)(H3,16,18,20). The number of nitrogens with two attached hydrogens (primary N) is 1. The van der Waals surface area contributed by atoms with Crippen molar-refractivity contribution in [2.24, 2.45) is 5.73 Å². The Labute approximate surface area is 127 Å². The Morgan fingerprint density at radius 3 is 2.43 bits per heavy atom. The first-order valence-corrected chi connectivity index (χ1v) is 7.94. The van der Waals surface area contributed by atoms with Gasteiger partial charge in [-0.3, -0.25) is 4.79 Å². The molecule has 4 N–H and O–H groups in total. The fraction of sp³-hybridized carbons (Fsp3) is 0.429. The maximum atomic E-state index is 12.9. The number of carbonyl (C=O) groups is 2. The first-order chi connectivity index (χ1) is 9.93. The second-order valence-electron chi connectivity index (χ2n) is 4.62. The number of benzene rings is 1. The molecule has 1 rings (SSSR count). The number of carbonyl (C=O) groups excluding carboxylic acids is 2. The molecule has 116 valence electrons. The van der Waals surface area contributed by atoms with E-state index in [2.05, 4.69) is 10.6 Å². The Balaban J connectivity index is 2.66. The monoisotopic (exact) mass is 313 g/mol. The molecular weight excluding hydrogens is 293 g/mol. The molecule has 21 heavy (non-hydrogen) atoms. The predicted molar refractivity (Wildman–Crippen MR) is 82.5 cm³/mol. The summed E-state index contributed by atoms with van der Waals surface area (Å²) in [5.41, 5.74) is 5.87. The van der Waals surface area contributed by atoms with Gasteiger partial charge < -0.3 is 16.4 Å². The highest BCUT2D eigenvalue weighted by atomic mass is 32.2. The highest BCUT2D eigenvalue weighted by Gasteiger charge is 2.21. The van der Waals surface area contributed by atoms with Gasteiger partial charge in [-0.1, -0.05) is 12.1 Å². The van der Waals surface area contributed by atoms with Crippen molar-refractivity contribution in [1.82, 2.24) is 10.6 Å². The molecule has 2 unspecified atom stereocenters. The van der Waals surface area contributed by atoms with Crippen LogP contribution >= 0.6 is 11.8 Å². The molecule has 0 saturated carbocycles. The molecule has 3 amide bonds. The Bertz CT molecular complexity index is 482. The van der Waals surface area contributed by atoms with E-state index < -0.39 is 12.1 Å². The zero-order chi connectivity index (χ0) is 15.8. The van der Waals surface area contributed by atoms with Gasteiger partial charge in [0.15, 0.2) is 0 Å². The summed E-state index contributed by atoms with van der Waals surface area (Å²) in [5.74, 6) is 0.0914. The molecule has 0 aliphatic rings. The minimum atomic E-state index is -0.731. The topological polar surface area (TPSA) is 84.2 Å². The van der Waals surface area contributed by atoms with Crippen LogP contribution in [-0.2, 0) is 4.79 Å². The van der Waals surface area contributed by atoms with Crippen LogP contribution < -0.4 is 16.4 Å². The number of nitrogens with one attached hydrogen (secondary N) is 2. The first-order valence-electron chi connectivity index (χ1n) is 6.54. The van der Waals surface area contributed by atoms with Crippen LogP contribution in [0.15, 0.2) is 24.3 Å². The lowest BCUT2D eigenvalue weighted by molar-refractivity contribution is -0.123. The number of primary amides is 1. The van der Waals surface area contributed by atoms with E-state index in [1.54, 1.807) is 30.8 Å². The summed E-state index contributed by atoms with van der Waals surface area (Å²) in [4.78, 5) is 23.1. The van der Waals surface area contributed by atoms with Crippen molar-refractivity contribution in [3.05, 3.63) is 35.6 Å². The number of halogens is 1. The summed E-state index contributed by atoms with van der Waals surface area (Å²) >= 11 is 1.58. The summed E-state index contributed by atoms with van der Waals surface area (Å²) in [6.45, 7) is 1.79. The third kappa shape index (κ3) is 6.03. The SMILES string of the molecule is CSCCC(NC(N)=O)C(=O)NC(C)c1ccc(F)cc1. The third-order valence-corrected chi connectivity index (χ3v) is 3.62. The van der Waals surface area contributed by atoms with Gasteiger partial charge >= 0.3 is 6.03 Å². The fourth-order valence-electron chi connectivity index (χ4n) is 1.83. The van der Waals surface area contributed by atoms with Crippen LogP contribution in [0, 0.1) is 5.82 Å². The number of hydrogen-bond acceptors (Lipinski definition) is 3. The van der Waals surface area contributed by atoms with Crippen molar-refractivity contribution in [3.63, 3.8) is 0 Å². The van der Waals surface area contributed by atoms with Gasteiger partial charge in [-0.15, -0.1) is 0 Å². The average molecular weight is 313 g/mol.